The molecule has 128 valence electrons. The topological polar surface area (TPSA) is 44.4 Å². The van der Waals surface area contributed by atoms with E-state index in [-0.39, 0.29) is 18.1 Å². The molecular weight excluding hydrogens is 318 g/mol. The van der Waals surface area contributed by atoms with Crippen LogP contribution >= 0.6 is 11.3 Å². The molecule has 4 nitrogen and oxygen atoms in total. The Balaban J connectivity index is 1.58. The second-order valence-electron chi connectivity index (χ2n) is 6.62. The largest absolute Gasteiger partial charge is 0.336 e. The molecule has 2 amide bonds. The Labute approximate surface area is 147 Å². The summed E-state index contributed by atoms with van der Waals surface area (Å²) in [5.74, 6) is 0.569. The van der Waals surface area contributed by atoms with Crippen molar-refractivity contribution in [1.29, 1.82) is 0 Å². The van der Waals surface area contributed by atoms with E-state index in [1.807, 2.05) is 32.3 Å². The summed E-state index contributed by atoms with van der Waals surface area (Å²) in [5.41, 5.74) is 2.43. The lowest BCUT2D eigenvalue weighted by Gasteiger charge is -2.25. The van der Waals surface area contributed by atoms with Crippen LogP contribution in [0.5, 0.6) is 0 Å². The highest BCUT2D eigenvalue weighted by Gasteiger charge is 2.33. The molecule has 24 heavy (non-hydrogen) atoms. The number of likely N-dealkylation sites (N-methyl/N-ethyl adjacent to an activating group) is 1. The minimum absolute atomic E-state index is 0.0853. The third-order valence-corrected chi connectivity index (χ3v) is 5.25. The zero-order valence-corrected chi connectivity index (χ0v) is 15.1. The van der Waals surface area contributed by atoms with Gasteiger partial charge < -0.3 is 15.5 Å². The van der Waals surface area contributed by atoms with Gasteiger partial charge >= 0.3 is 6.03 Å². The average molecular weight is 343 g/mol. The molecule has 0 spiro atoms. The molecule has 1 aliphatic carbocycles. The summed E-state index contributed by atoms with van der Waals surface area (Å²) in [6.07, 6.45) is 2.38. The highest BCUT2D eigenvalue weighted by Crippen LogP contribution is 2.40. The van der Waals surface area contributed by atoms with Crippen molar-refractivity contribution in [1.82, 2.24) is 15.5 Å². The van der Waals surface area contributed by atoms with Crippen LogP contribution in [0.15, 0.2) is 47.2 Å². The SMILES string of the molecule is CN(C)[C@@H](CNC(=O)N[C@@H](c1ccccc1)C1CC1)c1ccsc1. The lowest BCUT2D eigenvalue weighted by atomic mass is 10.0. The molecular formula is C19H25N3OS. The number of nitrogens with zero attached hydrogens (tertiary/aromatic N) is 1. The van der Waals surface area contributed by atoms with Crippen LogP contribution in [0.3, 0.4) is 0 Å². The van der Waals surface area contributed by atoms with Crippen molar-refractivity contribution in [3.8, 4) is 0 Å². The van der Waals surface area contributed by atoms with Crippen molar-refractivity contribution < 1.29 is 4.79 Å². The normalized spacial score (nSPS) is 16.6. The summed E-state index contributed by atoms with van der Waals surface area (Å²) < 4.78 is 0. The molecule has 5 heteroatoms. The molecule has 2 N–H and O–H groups in total. The summed E-state index contributed by atoms with van der Waals surface area (Å²) >= 11 is 1.68. The third kappa shape index (κ3) is 4.36. The minimum Gasteiger partial charge on any atom is -0.336 e. The molecule has 1 aliphatic rings. The van der Waals surface area contributed by atoms with Gasteiger partial charge in [-0.05, 0) is 60.8 Å². The van der Waals surface area contributed by atoms with Crippen LogP contribution in [0, 0.1) is 5.92 Å². The number of carbonyl (C=O) groups excluding carboxylic acids is 1. The number of hydrogen-bond donors (Lipinski definition) is 2. The second kappa shape index (κ2) is 7.81. The molecule has 1 aromatic heterocycles. The zero-order chi connectivity index (χ0) is 16.9. The summed E-state index contributed by atoms with van der Waals surface area (Å²) in [7, 11) is 4.08. The van der Waals surface area contributed by atoms with Crippen LogP contribution < -0.4 is 10.6 Å². The number of benzene rings is 1. The molecule has 0 bridgehead atoms. The number of carbonyl (C=O) groups is 1. The molecule has 1 heterocycles. The predicted molar refractivity (Wildman–Crippen MR) is 99.2 cm³/mol. The van der Waals surface area contributed by atoms with Gasteiger partial charge in [-0.15, -0.1) is 0 Å². The molecule has 0 radical (unpaired) electrons. The van der Waals surface area contributed by atoms with Crippen molar-refractivity contribution in [2.75, 3.05) is 20.6 Å². The fourth-order valence-electron chi connectivity index (χ4n) is 3.01. The number of urea groups is 1. The average Bonchev–Trinajstić information content (AvgIpc) is 3.28. The van der Waals surface area contributed by atoms with E-state index < -0.39 is 0 Å². The van der Waals surface area contributed by atoms with Crippen molar-refractivity contribution in [3.05, 3.63) is 58.3 Å². The third-order valence-electron chi connectivity index (χ3n) is 4.55. The smallest absolute Gasteiger partial charge is 0.315 e. The van der Waals surface area contributed by atoms with E-state index in [1.54, 1.807) is 11.3 Å². The highest BCUT2D eigenvalue weighted by atomic mass is 32.1. The molecule has 0 unspecified atom stereocenters. The van der Waals surface area contributed by atoms with Crippen molar-refractivity contribution in [2.45, 2.75) is 24.9 Å². The van der Waals surface area contributed by atoms with E-state index >= 15 is 0 Å². The molecule has 0 saturated heterocycles. The number of rotatable bonds is 7. The Morgan fingerprint density at radius 1 is 1.21 bits per heavy atom. The summed E-state index contributed by atoms with van der Waals surface area (Å²) in [6, 6.07) is 12.6. The Bertz CT molecular complexity index is 638. The van der Waals surface area contributed by atoms with Crippen molar-refractivity contribution in [3.63, 3.8) is 0 Å². The molecule has 0 aliphatic heterocycles. The lowest BCUT2D eigenvalue weighted by Crippen LogP contribution is -2.42. The molecule has 2 atom stereocenters. The predicted octanol–water partition coefficient (Wildman–Crippen LogP) is 3.80. The standard InChI is InChI=1S/C19H25N3OS/c1-22(2)17(16-10-11-24-13-16)12-20-19(23)21-18(15-8-9-15)14-6-4-3-5-7-14/h3-7,10-11,13,15,17-18H,8-9,12H2,1-2H3,(H2,20,21,23)/t17-,18-/m0/s1. The van der Waals surface area contributed by atoms with Crippen LogP contribution in [-0.2, 0) is 0 Å². The van der Waals surface area contributed by atoms with Crippen LogP contribution in [0.25, 0.3) is 0 Å². The number of nitrogens with one attached hydrogen (secondary N) is 2. The zero-order valence-electron chi connectivity index (χ0n) is 14.2. The first kappa shape index (κ1) is 17.0. The number of hydrogen-bond acceptors (Lipinski definition) is 3. The van der Waals surface area contributed by atoms with Gasteiger partial charge in [0.1, 0.15) is 0 Å². The van der Waals surface area contributed by atoms with Gasteiger partial charge in [-0.25, -0.2) is 4.79 Å². The Morgan fingerprint density at radius 2 is 1.96 bits per heavy atom. The summed E-state index contributed by atoms with van der Waals surface area (Å²) in [5, 5.41) is 10.4. The molecule has 1 aromatic carbocycles. The van der Waals surface area contributed by atoms with E-state index in [1.165, 1.54) is 24.0 Å². The second-order valence-corrected chi connectivity index (χ2v) is 7.40. The first-order valence-corrected chi connectivity index (χ1v) is 9.37. The van der Waals surface area contributed by atoms with E-state index in [9.17, 15) is 4.79 Å². The van der Waals surface area contributed by atoms with Gasteiger partial charge in [0.05, 0.1) is 12.1 Å². The first-order chi connectivity index (χ1) is 11.6. The van der Waals surface area contributed by atoms with Gasteiger partial charge in [0.25, 0.3) is 0 Å². The van der Waals surface area contributed by atoms with E-state index in [0.29, 0.717) is 12.5 Å². The molecule has 1 fully saturated rings. The van der Waals surface area contributed by atoms with Crippen LogP contribution in [0.1, 0.15) is 36.1 Å². The van der Waals surface area contributed by atoms with Crippen LogP contribution in [-0.4, -0.2) is 31.6 Å². The van der Waals surface area contributed by atoms with Crippen molar-refractivity contribution >= 4 is 17.4 Å². The van der Waals surface area contributed by atoms with E-state index in [0.717, 1.165) is 0 Å². The fraction of sp³-hybridized carbons (Fsp3) is 0.421. The van der Waals surface area contributed by atoms with Crippen LogP contribution in [0.2, 0.25) is 0 Å². The fourth-order valence-corrected chi connectivity index (χ4v) is 3.72. The first-order valence-electron chi connectivity index (χ1n) is 8.43. The van der Waals surface area contributed by atoms with Gasteiger partial charge in [-0.1, -0.05) is 30.3 Å². The Morgan fingerprint density at radius 3 is 2.54 bits per heavy atom. The highest BCUT2D eigenvalue weighted by molar-refractivity contribution is 7.07. The summed E-state index contributed by atoms with van der Waals surface area (Å²) in [4.78, 5) is 14.6. The molecule has 2 aromatic rings. The van der Waals surface area contributed by atoms with Crippen molar-refractivity contribution in [2.24, 2.45) is 5.92 Å². The maximum atomic E-state index is 12.4. The lowest BCUT2D eigenvalue weighted by molar-refractivity contribution is 0.228. The number of amides is 2. The summed E-state index contributed by atoms with van der Waals surface area (Å²) in [6.45, 7) is 0.599. The van der Waals surface area contributed by atoms with Gasteiger partial charge in [0, 0.05) is 6.54 Å². The minimum atomic E-state index is -0.0853. The Kier molecular flexibility index (Phi) is 5.53. The molecule has 1 saturated carbocycles. The maximum absolute atomic E-state index is 12.4. The number of thiophene rings is 1. The quantitative estimate of drug-likeness (QED) is 0.803. The Hall–Kier alpha value is -1.85. The van der Waals surface area contributed by atoms with Gasteiger partial charge in [0.15, 0.2) is 0 Å². The van der Waals surface area contributed by atoms with E-state index in [4.69, 9.17) is 0 Å². The monoisotopic (exact) mass is 343 g/mol. The van der Waals surface area contributed by atoms with Gasteiger partial charge in [-0.3, -0.25) is 0 Å². The van der Waals surface area contributed by atoms with Gasteiger partial charge in [-0.2, -0.15) is 11.3 Å². The molecule has 3 rings (SSSR count). The van der Waals surface area contributed by atoms with E-state index in [2.05, 4.69) is 44.5 Å². The van der Waals surface area contributed by atoms with Crippen LogP contribution in [0.4, 0.5) is 4.79 Å². The maximum Gasteiger partial charge on any atom is 0.315 e. The van der Waals surface area contributed by atoms with Gasteiger partial charge in [0.2, 0.25) is 0 Å².